The molecule has 21 heavy (non-hydrogen) atoms. The van der Waals surface area contributed by atoms with Crippen molar-refractivity contribution in [3.8, 4) is 0 Å². The third kappa shape index (κ3) is 4.27. The number of aromatic nitrogens is 2. The molecule has 0 spiro atoms. The van der Waals surface area contributed by atoms with Gasteiger partial charge in [-0.3, -0.25) is 9.78 Å². The van der Waals surface area contributed by atoms with E-state index in [2.05, 4.69) is 27.5 Å². The number of hydrogen-bond donors (Lipinski definition) is 2. The molecular formula is C16H20N4O. The summed E-state index contributed by atoms with van der Waals surface area (Å²) in [7, 11) is 0. The van der Waals surface area contributed by atoms with Crippen LogP contribution < -0.4 is 10.6 Å². The zero-order valence-electron chi connectivity index (χ0n) is 12.4. The van der Waals surface area contributed by atoms with Crippen molar-refractivity contribution in [1.82, 2.24) is 15.3 Å². The van der Waals surface area contributed by atoms with E-state index in [0.29, 0.717) is 12.2 Å². The number of hydrogen-bond acceptors (Lipinski definition) is 4. The molecule has 0 saturated heterocycles. The standard InChI is InChI=1S/C16H20N4O/c1-3-9-18-15-8-4-7-13(20-15)16(21)19-11-14-12(2)6-5-10-17-14/h4-8,10H,3,9,11H2,1-2H3,(H,18,20)(H,19,21). The number of amides is 1. The molecule has 5 heteroatoms. The summed E-state index contributed by atoms with van der Waals surface area (Å²) in [5, 5.41) is 6.02. The highest BCUT2D eigenvalue weighted by atomic mass is 16.1. The summed E-state index contributed by atoms with van der Waals surface area (Å²) in [6, 6.07) is 9.24. The molecule has 0 aromatic carbocycles. The lowest BCUT2D eigenvalue weighted by Crippen LogP contribution is -2.25. The van der Waals surface area contributed by atoms with Crippen molar-refractivity contribution in [3.05, 3.63) is 53.5 Å². The van der Waals surface area contributed by atoms with Gasteiger partial charge in [0.25, 0.3) is 5.91 Å². The fraction of sp³-hybridized carbons (Fsp3) is 0.312. The molecule has 0 bridgehead atoms. The van der Waals surface area contributed by atoms with Crippen LogP contribution in [0.5, 0.6) is 0 Å². The lowest BCUT2D eigenvalue weighted by Gasteiger charge is -2.08. The summed E-state index contributed by atoms with van der Waals surface area (Å²) in [4.78, 5) is 20.7. The van der Waals surface area contributed by atoms with Gasteiger partial charge < -0.3 is 10.6 Å². The Morgan fingerprint density at radius 2 is 2.10 bits per heavy atom. The van der Waals surface area contributed by atoms with Gasteiger partial charge in [0, 0.05) is 12.7 Å². The van der Waals surface area contributed by atoms with Crippen molar-refractivity contribution >= 4 is 11.7 Å². The first kappa shape index (κ1) is 15.0. The first-order chi connectivity index (χ1) is 10.2. The molecule has 1 amide bonds. The van der Waals surface area contributed by atoms with E-state index in [9.17, 15) is 4.79 Å². The van der Waals surface area contributed by atoms with Crippen LogP contribution in [-0.2, 0) is 6.54 Å². The number of nitrogens with one attached hydrogen (secondary N) is 2. The maximum absolute atomic E-state index is 12.1. The molecule has 110 valence electrons. The van der Waals surface area contributed by atoms with E-state index >= 15 is 0 Å². The molecule has 0 aliphatic rings. The van der Waals surface area contributed by atoms with E-state index in [1.807, 2.05) is 31.2 Å². The van der Waals surface area contributed by atoms with Crippen molar-refractivity contribution < 1.29 is 4.79 Å². The van der Waals surface area contributed by atoms with E-state index in [4.69, 9.17) is 0 Å². The van der Waals surface area contributed by atoms with Crippen LogP contribution in [0.4, 0.5) is 5.82 Å². The number of carbonyl (C=O) groups excluding carboxylic acids is 1. The minimum atomic E-state index is -0.194. The summed E-state index contributed by atoms with van der Waals surface area (Å²) in [5.41, 5.74) is 2.33. The smallest absolute Gasteiger partial charge is 0.270 e. The van der Waals surface area contributed by atoms with Crippen LogP contribution in [0.25, 0.3) is 0 Å². The van der Waals surface area contributed by atoms with Gasteiger partial charge in [-0.2, -0.15) is 0 Å². The maximum Gasteiger partial charge on any atom is 0.270 e. The predicted molar refractivity (Wildman–Crippen MR) is 83.2 cm³/mol. The van der Waals surface area contributed by atoms with E-state index < -0.39 is 0 Å². The van der Waals surface area contributed by atoms with Crippen molar-refractivity contribution in [2.75, 3.05) is 11.9 Å². The Morgan fingerprint density at radius 3 is 2.86 bits per heavy atom. The first-order valence-corrected chi connectivity index (χ1v) is 7.10. The fourth-order valence-electron chi connectivity index (χ4n) is 1.87. The van der Waals surface area contributed by atoms with E-state index in [-0.39, 0.29) is 5.91 Å². The third-order valence-corrected chi connectivity index (χ3v) is 3.07. The molecule has 0 aliphatic carbocycles. The molecule has 2 aromatic rings. The summed E-state index contributed by atoms with van der Waals surface area (Å²) >= 11 is 0. The maximum atomic E-state index is 12.1. The number of rotatable bonds is 6. The summed E-state index contributed by atoms with van der Waals surface area (Å²) in [5.74, 6) is 0.527. The molecular weight excluding hydrogens is 264 g/mol. The van der Waals surface area contributed by atoms with Crippen LogP contribution in [-0.4, -0.2) is 22.4 Å². The Kier molecular flexibility index (Phi) is 5.26. The second-order valence-electron chi connectivity index (χ2n) is 4.78. The second kappa shape index (κ2) is 7.38. The molecule has 5 nitrogen and oxygen atoms in total. The van der Waals surface area contributed by atoms with Crippen LogP contribution >= 0.6 is 0 Å². The second-order valence-corrected chi connectivity index (χ2v) is 4.78. The molecule has 2 N–H and O–H groups in total. The first-order valence-electron chi connectivity index (χ1n) is 7.10. The van der Waals surface area contributed by atoms with Gasteiger partial charge in [-0.25, -0.2) is 4.98 Å². The lowest BCUT2D eigenvalue weighted by molar-refractivity contribution is 0.0945. The highest BCUT2D eigenvalue weighted by Crippen LogP contribution is 2.06. The number of anilines is 1. The van der Waals surface area contributed by atoms with Crippen LogP contribution in [0, 0.1) is 6.92 Å². The SMILES string of the molecule is CCCNc1cccc(C(=O)NCc2ncccc2C)n1. The Hall–Kier alpha value is -2.43. The van der Waals surface area contributed by atoms with Crippen LogP contribution in [0.2, 0.25) is 0 Å². The lowest BCUT2D eigenvalue weighted by atomic mass is 10.2. The molecule has 0 saturated carbocycles. The monoisotopic (exact) mass is 284 g/mol. The number of pyridine rings is 2. The molecule has 0 atom stereocenters. The van der Waals surface area contributed by atoms with Gasteiger partial charge in [-0.1, -0.05) is 19.1 Å². The van der Waals surface area contributed by atoms with Gasteiger partial charge in [0.15, 0.2) is 0 Å². The summed E-state index contributed by atoms with van der Waals surface area (Å²) < 4.78 is 0. The van der Waals surface area contributed by atoms with Gasteiger partial charge in [0.1, 0.15) is 11.5 Å². The Balaban J connectivity index is 1.98. The average molecular weight is 284 g/mol. The number of nitrogens with zero attached hydrogens (tertiary/aromatic N) is 2. The molecule has 0 unspecified atom stereocenters. The van der Waals surface area contributed by atoms with Crippen molar-refractivity contribution in [2.24, 2.45) is 0 Å². The third-order valence-electron chi connectivity index (χ3n) is 3.07. The summed E-state index contributed by atoms with van der Waals surface area (Å²) in [6.45, 7) is 5.30. The molecule has 0 fully saturated rings. The van der Waals surface area contributed by atoms with E-state index in [0.717, 1.165) is 30.0 Å². The van der Waals surface area contributed by atoms with Crippen molar-refractivity contribution in [2.45, 2.75) is 26.8 Å². The Labute approximate surface area is 124 Å². The molecule has 0 radical (unpaired) electrons. The van der Waals surface area contributed by atoms with Crippen LogP contribution in [0.15, 0.2) is 36.5 Å². The van der Waals surface area contributed by atoms with Crippen molar-refractivity contribution in [3.63, 3.8) is 0 Å². The Bertz CT molecular complexity index is 613. The van der Waals surface area contributed by atoms with Crippen LogP contribution in [0.1, 0.15) is 35.1 Å². The predicted octanol–water partition coefficient (Wildman–Crippen LogP) is 2.54. The highest BCUT2D eigenvalue weighted by Gasteiger charge is 2.08. The topological polar surface area (TPSA) is 66.9 Å². The zero-order valence-corrected chi connectivity index (χ0v) is 12.4. The molecule has 2 aromatic heterocycles. The van der Waals surface area contributed by atoms with Gasteiger partial charge in [0.2, 0.25) is 0 Å². The quantitative estimate of drug-likeness (QED) is 0.855. The van der Waals surface area contributed by atoms with Gasteiger partial charge in [-0.15, -0.1) is 0 Å². The highest BCUT2D eigenvalue weighted by molar-refractivity contribution is 5.92. The van der Waals surface area contributed by atoms with Gasteiger partial charge in [-0.05, 0) is 37.1 Å². The Morgan fingerprint density at radius 1 is 1.24 bits per heavy atom. The minimum Gasteiger partial charge on any atom is -0.370 e. The average Bonchev–Trinajstić information content (AvgIpc) is 2.52. The number of aryl methyl sites for hydroxylation is 1. The normalized spacial score (nSPS) is 10.2. The largest absolute Gasteiger partial charge is 0.370 e. The van der Waals surface area contributed by atoms with Crippen LogP contribution in [0.3, 0.4) is 0 Å². The molecule has 2 rings (SSSR count). The van der Waals surface area contributed by atoms with E-state index in [1.54, 1.807) is 12.3 Å². The van der Waals surface area contributed by atoms with Gasteiger partial charge >= 0.3 is 0 Å². The minimum absolute atomic E-state index is 0.194. The molecule has 0 aliphatic heterocycles. The summed E-state index contributed by atoms with van der Waals surface area (Å²) in [6.07, 6.45) is 2.74. The van der Waals surface area contributed by atoms with Gasteiger partial charge in [0.05, 0.1) is 12.2 Å². The molecule has 2 heterocycles. The van der Waals surface area contributed by atoms with Crippen molar-refractivity contribution in [1.29, 1.82) is 0 Å². The number of carbonyl (C=O) groups is 1. The zero-order chi connectivity index (χ0) is 15.1. The fourth-order valence-corrected chi connectivity index (χ4v) is 1.87. The van der Waals surface area contributed by atoms with E-state index in [1.165, 1.54) is 0 Å².